The van der Waals surface area contributed by atoms with Crippen LogP contribution in [0, 0.1) is 10.1 Å². The van der Waals surface area contributed by atoms with Crippen LogP contribution in [0.25, 0.3) is 0 Å². The molecule has 0 aliphatic carbocycles. The molecule has 1 heterocycles. The molecule has 0 spiro atoms. The number of hydrogen-bond donors (Lipinski definition) is 2. The van der Waals surface area contributed by atoms with Crippen molar-refractivity contribution in [2.75, 3.05) is 11.9 Å². The van der Waals surface area contributed by atoms with Gasteiger partial charge in [-0.2, -0.15) is 8.78 Å². The van der Waals surface area contributed by atoms with E-state index in [1.54, 1.807) is 0 Å². The second-order valence-electron chi connectivity index (χ2n) is 6.70. The van der Waals surface area contributed by atoms with Crippen LogP contribution in [0.1, 0.15) is 12.5 Å². The largest absolute Gasteiger partial charge is 0.435 e. The van der Waals surface area contributed by atoms with Crippen molar-refractivity contribution in [1.82, 2.24) is 10.2 Å². The fraction of sp³-hybridized carbons (Fsp3) is 0.211. The summed E-state index contributed by atoms with van der Waals surface area (Å²) in [4.78, 5) is 48.5. The molecule has 2 aromatic rings. The predicted octanol–water partition coefficient (Wildman–Crippen LogP) is 2.60. The van der Waals surface area contributed by atoms with Crippen LogP contribution < -0.4 is 15.4 Å². The third kappa shape index (κ3) is 4.57. The lowest BCUT2D eigenvalue weighted by atomic mass is 9.91. The van der Waals surface area contributed by atoms with Crippen LogP contribution in [0.3, 0.4) is 0 Å². The molecule has 2 aromatic carbocycles. The Kier molecular flexibility index (Phi) is 5.81. The number of hydrogen-bond acceptors (Lipinski definition) is 6. The Hall–Kier alpha value is -4.09. The number of urea groups is 1. The highest BCUT2D eigenvalue weighted by molar-refractivity contribution is 6.10. The lowest BCUT2D eigenvalue weighted by Gasteiger charge is -2.22. The number of benzene rings is 2. The maximum absolute atomic E-state index is 12.9. The minimum atomic E-state index is -2.99. The fourth-order valence-electron chi connectivity index (χ4n) is 3.03. The van der Waals surface area contributed by atoms with Gasteiger partial charge in [0, 0.05) is 17.8 Å². The zero-order valence-corrected chi connectivity index (χ0v) is 16.0. The van der Waals surface area contributed by atoms with Crippen molar-refractivity contribution in [3.63, 3.8) is 0 Å². The van der Waals surface area contributed by atoms with Crippen LogP contribution in [-0.2, 0) is 15.1 Å². The van der Waals surface area contributed by atoms with Gasteiger partial charge in [0.1, 0.15) is 17.8 Å². The van der Waals surface area contributed by atoms with Crippen molar-refractivity contribution in [3.8, 4) is 5.75 Å². The van der Waals surface area contributed by atoms with Gasteiger partial charge in [-0.25, -0.2) is 4.79 Å². The SMILES string of the molecule is CC1(c2cccc([N+](=O)[O-])c2)NC(=O)N(CC(=O)Nc2ccc(OC(F)F)cc2)C1=O. The van der Waals surface area contributed by atoms with E-state index < -0.39 is 41.5 Å². The highest BCUT2D eigenvalue weighted by Gasteiger charge is 2.49. The maximum Gasteiger partial charge on any atom is 0.387 e. The normalized spacial score (nSPS) is 18.1. The van der Waals surface area contributed by atoms with Crippen LogP contribution in [-0.4, -0.2) is 40.8 Å². The number of halogens is 2. The summed E-state index contributed by atoms with van der Waals surface area (Å²) in [6, 6.07) is 9.48. The predicted molar refractivity (Wildman–Crippen MR) is 102 cm³/mol. The number of ether oxygens (including phenoxy) is 1. The van der Waals surface area contributed by atoms with E-state index in [0.717, 1.165) is 0 Å². The standard InChI is InChI=1S/C19H16F2N4O6/c1-19(11-3-2-4-13(9-11)25(29)30)16(27)24(18(28)23-19)10-15(26)22-12-5-7-14(8-6-12)31-17(20)21/h2-9,17H,10H2,1H3,(H,22,26)(H,23,28). The molecule has 0 saturated carbocycles. The molecule has 1 aliphatic heterocycles. The van der Waals surface area contributed by atoms with E-state index in [2.05, 4.69) is 15.4 Å². The molecule has 2 N–H and O–H groups in total. The van der Waals surface area contributed by atoms with E-state index in [4.69, 9.17) is 0 Å². The molecule has 1 atom stereocenters. The molecule has 0 radical (unpaired) electrons. The molecular formula is C19H16F2N4O6. The average molecular weight is 434 g/mol. The first-order chi connectivity index (χ1) is 14.6. The van der Waals surface area contributed by atoms with E-state index in [1.165, 1.54) is 55.5 Å². The number of rotatable bonds is 7. The van der Waals surface area contributed by atoms with Crippen LogP contribution in [0.15, 0.2) is 48.5 Å². The number of imide groups is 1. The summed E-state index contributed by atoms with van der Waals surface area (Å²) in [5.74, 6) is -1.57. The molecule has 10 nitrogen and oxygen atoms in total. The summed E-state index contributed by atoms with van der Waals surface area (Å²) in [7, 11) is 0. The van der Waals surface area contributed by atoms with Gasteiger partial charge in [-0.1, -0.05) is 12.1 Å². The second-order valence-corrected chi connectivity index (χ2v) is 6.70. The first-order valence-electron chi connectivity index (χ1n) is 8.84. The van der Waals surface area contributed by atoms with Gasteiger partial charge in [-0.15, -0.1) is 0 Å². The van der Waals surface area contributed by atoms with Gasteiger partial charge in [0.05, 0.1) is 4.92 Å². The van der Waals surface area contributed by atoms with E-state index in [9.17, 15) is 33.3 Å². The fourth-order valence-corrected chi connectivity index (χ4v) is 3.03. The van der Waals surface area contributed by atoms with E-state index in [-0.39, 0.29) is 22.7 Å². The zero-order valence-electron chi connectivity index (χ0n) is 16.0. The van der Waals surface area contributed by atoms with Crippen LogP contribution >= 0.6 is 0 Å². The summed E-state index contributed by atoms with van der Waals surface area (Å²) >= 11 is 0. The Morgan fingerprint density at radius 3 is 2.55 bits per heavy atom. The molecule has 12 heteroatoms. The Bertz CT molecular complexity index is 1050. The number of amides is 4. The molecule has 1 fully saturated rings. The third-order valence-electron chi connectivity index (χ3n) is 4.57. The van der Waals surface area contributed by atoms with Crippen LogP contribution in [0.5, 0.6) is 5.75 Å². The number of nitrogens with one attached hydrogen (secondary N) is 2. The van der Waals surface area contributed by atoms with Gasteiger partial charge in [-0.05, 0) is 36.8 Å². The van der Waals surface area contributed by atoms with Crippen molar-refractivity contribution >= 4 is 29.2 Å². The summed E-state index contributed by atoms with van der Waals surface area (Å²) < 4.78 is 28.6. The number of nitro groups is 1. The Labute approximate surface area is 173 Å². The number of nitro benzene ring substituents is 1. The second kappa shape index (κ2) is 8.34. The number of carbonyl (C=O) groups excluding carboxylic acids is 3. The first-order valence-corrected chi connectivity index (χ1v) is 8.84. The van der Waals surface area contributed by atoms with Crippen molar-refractivity contribution in [2.24, 2.45) is 0 Å². The third-order valence-corrected chi connectivity index (χ3v) is 4.57. The number of alkyl halides is 2. The Balaban J connectivity index is 1.70. The minimum absolute atomic E-state index is 0.102. The van der Waals surface area contributed by atoms with Crippen molar-refractivity contribution < 1.29 is 32.8 Å². The molecule has 0 bridgehead atoms. The summed E-state index contributed by atoms with van der Waals surface area (Å²) in [6.45, 7) is -2.23. The van der Waals surface area contributed by atoms with Gasteiger partial charge in [0.15, 0.2) is 0 Å². The van der Waals surface area contributed by atoms with Crippen LogP contribution in [0.2, 0.25) is 0 Å². The first kappa shape index (κ1) is 21.6. The maximum atomic E-state index is 12.9. The molecule has 162 valence electrons. The van der Waals surface area contributed by atoms with E-state index >= 15 is 0 Å². The monoisotopic (exact) mass is 434 g/mol. The number of carbonyl (C=O) groups is 3. The van der Waals surface area contributed by atoms with Crippen molar-refractivity contribution in [1.29, 1.82) is 0 Å². The van der Waals surface area contributed by atoms with Gasteiger partial charge in [0.25, 0.3) is 11.6 Å². The smallest absolute Gasteiger partial charge is 0.387 e. The summed E-state index contributed by atoms with van der Waals surface area (Å²) in [6.07, 6.45) is 0. The lowest BCUT2D eigenvalue weighted by Crippen LogP contribution is -2.42. The molecular weight excluding hydrogens is 418 g/mol. The zero-order chi connectivity index (χ0) is 22.8. The molecule has 1 unspecified atom stereocenters. The molecule has 1 aliphatic rings. The summed E-state index contributed by atoms with van der Waals surface area (Å²) in [5.41, 5.74) is -1.41. The van der Waals surface area contributed by atoms with Crippen molar-refractivity contribution in [2.45, 2.75) is 19.1 Å². The number of non-ortho nitro benzene ring substituents is 1. The van der Waals surface area contributed by atoms with E-state index in [0.29, 0.717) is 4.90 Å². The quantitative estimate of drug-likeness (QED) is 0.391. The highest BCUT2D eigenvalue weighted by Crippen LogP contribution is 2.30. The Morgan fingerprint density at radius 1 is 1.26 bits per heavy atom. The molecule has 4 amide bonds. The lowest BCUT2D eigenvalue weighted by molar-refractivity contribution is -0.385. The summed E-state index contributed by atoms with van der Waals surface area (Å²) in [5, 5.41) is 15.9. The van der Waals surface area contributed by atoms with Crippen molar-refractivity contribution in [3.05, 3.63) is 64.2 Å². The van der Waals surface area contributed by atoms with Gasteiger partial charge < -0.3 is 15.4 Å². The molecule has 1 saturated heterocycles. The van der Waals surface area contributed by atoms with Gasteiger partial charge >= 0.3 is 12.6 Å². The van der Waals surface area contributed by atoms with Gasteiger partial charge in [0.2, 0.25) is 5.91 Å². The number of anilines is 1. The topological polar surface area (TPSA) is 131 Å². The molecule has 0 aromatic heterocycles. The minimum Gasteiger partial charge on any atom is -0.435 e. The van der Waals surface area contributed by atoms with E-state index in [1.807, 2.05) is 0 Å². The highest BCUT2D eigenvalue weighted by atomic mass is 19.3. The van der Waals surface area contributed by atoms with Crippen LogP contribution in [0.4, 0.5) is 25.0 Å². The molecule has 3 rings (SSSR count). The number of nitrogens with zero attached hydrogens (tertiary/aromatic N) is 2. The Morgan fingerprint density at radius 2 is 1.94 bits per heavy atom. The molecule has 31 heavy (non-hydrogen) atoms. The van der Waals surface area contributed by atoms with Gasteiger partial charge in [-0.3, -0.25) is 24.6 Å². The average Bonchev–Trinajstić information content (AvgIpc) is 2.93.